The molecule has 0 saturated heterocycles. The molecular formula is C22H38N6P+. The van der Waals surface area contributed by atoms with Gasteiger partial charge in [0.15, 0.2) is 12.9 Å². The van der Waals surface area contributed by atoms with E-state index in [2.05, 4.69) is 74.9 Å². The summed E-state index contributed by atoms with van der Waals surface area (Å²) in [5.41, 5.74) is 2.10. The van der Waals surface area contributed by atoms with Crippen LogP contribution in [-0.2, 0) is 0 Å². The molecule has 0 amide bonds. The molecule has 0 N–H and O–H groups in total. The highest BCUT2D eigenvalue weighted by molar-refractivity contribution is 7.78. The first-order valence-electron chi connectivity index (χ1n) is 10.6. The van der Waals surface area contributed by atoms with Crippen molar-refractivity contribution in [2.75, 3.05) is 46.9 Å². The molecule has 2 rings (SSSR count). The van der Waals surface area contributed by atoms with Crippen molar-refractivity contribution in [3.05, 3.63) is 36.0 Å². The highest BCUT2D eigenvalue weighted by atomic mass is 31.2. The van der Waals surface area contributed by atoms with Gasteiger partial charge in [0, 0.05) is 40.3 Å². The minimum absolute atomic E-state index is 0.942. The van der Waals surface area contributed by atoms with Crippen molar-refractivity contribution < 1.29 is 0 Å². The number of hydrogen-bond acceptors (Lipinski definition) is 4. The van der Waals surface area contributed by atoms with Gasteiger partial charge in [-0.15, -0.1) is 0 Å². The standard InChI is InChI=1S/C22H38N6P/c1-9-26(10-2)29(8,27(11-3)12-4)21-19(5)24-28(20-16-14-13-15-17-20)22(21)23-18-25(6)7/h13-18H,9-12H2,1-8H3/q+1. The Bertz CT molecular complexity index is 779. The van der Waals surface area contributed by atoms with E-state index in [1.54, 1.807) is 0 Å². The fourth-order valence-corrected chi connectivity index (χ4v) is 8.36. The van der Waals surface area contributed by atoms with Crippen molar-refractivity contribution >= 4 is 25.0 Å². The summed E-state index contributed by atoms with van der Waals surface area (Å²) in [5.74, 6) is 0.942. The number of hydrogen-bond donors (Lipinski definition) is 0. The number of aromatic nitrogens is 2. The molecular weight excluding hydrogens is 379 g/mol. The lowest BCUT2D eigenvalue weighted by Crippen LogP contribution is -2.41. The van der Waals surface area contributed by atoms with Gasteiger partial charge in [-0.05, 0) is 46.8 Å². The number of benzene rings is 1. The normalized spacial score (nSPS) is 12.5. The molecule has 160 valence electrons. The van der Waals surface area contributed by atoms with Crippen LogP contribution in [0.1, 0.15) is 33.4 Å². The average molecular weight is 418 g/mol. The van der Waals surface area contributed by atoms with Crippen LogP contribution in [-0.4, -0.2) is 77.3 Å². The van der Waals surface area contributed by atoms with Gasteiger partial charge >= 0.3 is 0 Å². The molecule has 7 heteroatoms. The first-order chi connectivity index (χ1) is 13.8. The number of para-hydroxylation sites is 1. The van der Waals surface area contributed by atoms with Crippen molar-refractivity contribution in [3.8, 4) is 5.69 Å². The minimum atomic E-state index is -1.83. The summed E-state index contributed by atoms with van der Waals surface area (Å²) in [4.78, 5) is 6.93. The maximum absolute atomic E-state index is 4.99. The van der Waals surface area contributed by atoms with Crippen molar-refractivity contribution in [1.82, 2.24) is 24.0 Å². The third kappa shape index (κ3) is 4.71. The van der Waals surface area contributed by atoms with Gasteiger partial charge < -0.3 is 4.90 Å². The molecule has 0 unspecified atom stereocenters. The van der Waals surface area contributed by atoms with Crippen LogP contribution in [0.2, 0.25) is 0 Å². The molecule has 6 nitrogen and oxygen atoms in total. The summed E-state index contributed by atoms with van der Waals surface area (Å²) in [6, 6.07) is 10.3. The predicted octanol–water partition coefficient (Wildman–Crippen LogP) is 4.19. The summed E-state index contributed by atoms with van der Waals surface area (Å²) in [6.45, 7) is 17.6. The van der Waals surface area contributed by atoms with E-state index in [4.69, 9.17) is 10.1 Å². The number of aliphatic imine (C=N–C) groups is 1. The van der Waals surface area contributed by atoms with Crippen molar-refractivity contribution in [1.29, 1.82) is 0 Å². The lowest BCUT2D eigenvalue weighted by molar-refractivity contribution is 0.417. The summed E-state index contributed by atoms with van der Waals surface area (Å²) >= 11 is 0. The molecule has 1 aromatic heterocycles. The zero-order chi connectivity index (χ0) is 21.6. The SMILES string of the molecule is CCN(CC)[P+](C)(c1c(C)nn(-c2ccccc2)c1N=CN(C)C)N(CC)CC. The molecule has 0 aliphatic heterocycles. The van der Waals surface area contributed by atoms with E-state index in [1.807, 2.05) is 36.1 Å². The fourth-order valence-electron chi connectivity index (χ4n) is 4.05. The third-order valence-electron chi connectivity index (χ3n) is 5.40. The van der Waals surface area contributed by atoms with Crippen LogP contribution in [0.25, 0.3) is 5.69 Å². The van der Waals surface area contributed by atoms with Gasteiger partial charge in [0.25, 0.3) is 0 Å². The molecule has 0 bridgehead atoms. The van der Waals surface area contributed by atoms with Gasteiger partial charge in [0.2, 0.25) is 5.82 Å². The van der Waals surface area contributed by atoms with Gasteiger partial charge in [-0.2, -0.15) is 14.4 Å². The summed E-state index contributed by atoms with van der Waals surface area (Å²) in [7, 11) is 2.18. The van der Waals surface area contributed by atoms with Crippen molar-refractivity contribution in [3.63, 3.8) is 0 Å². The molecule has 29 heavy (non-hydrogen) atoms. The highest BCUT2D eigenvalue weighted by Gasteiger charge is 2.51. The zero-order valence-electron chi connectivity index (χ0n) is 19.4. The number of rotatable bonds is 10. The lowest BCUT2D eigenvalue weighted by Gasteiger charge is -2.39. The number of aryl methyl sites for hydroxylation is 1. The Morgan fingerprint density at radius 2 is 1.48 bits per heavy atom. The van der Waals surface area contributed by atoms with Gasteiger partial charge in [0.05, 0.1) is 18.7 Å². The topological polar surface area (TPSA) is 39.9 Å². The van der Waals surface area contributed by atoms with Crippen LogP contribution in [0.5, 0.6) is 0 Å². The predicted molar refractivity (Wildman–Crippen MR) is 128 cm³/mol. The zero-order valence-corrected chi connectivity index (χ0v) is 20.3. The van der Waals surface area contributed by atoms with E-state index in [1.165, 1.54) is 5.30 Å². The molecule has 0 saturated carbocycles. The van der Waals surface area contributed by atoms with E-state index in [0.29, 0.717) is 0 Å². The Labute approximate surface area is 177 Å². The van der Waals surface area contributed by atoms with Crippen LogP contribution in [0.15, 0.2) is 35.3 Å². The molecule has 2 aromatic rings. The first-order valence-corrected chi connectivity index (χ1v) is 12.7. The van der Waals surface area contributed by atoms with Crippen molar-refractivity contribution in [2.45, 2.75) is 34.6 Å². The Kier molecular flexibility index (Phi) is 8.38. The van der Waals surface area contributed by atoms with Gasteiger partial charge in [-0.25, -0.2) is 9.67 Å². The van der Waals surface area contributed by atoms with E-state index < -0.39 is 7.56 Å². The first kappa shape index (κ1) is 23.5. The Morgan fingerprint density at radius 1 is 0.966 bits per heavy atom. The van der Waals surface area contributed by atoms with Crippen LogP contribution in [0.3, 0.4) is 0 Å². The second-order valence-corrected chi connectivity index (χ2v) is 10.8. The van der Waals surface area contributed by atoms with Crippen LogP contribution in [0, 0.1) is 6.92 Å². The molecule has 1 aromatic carbocycles. The smallest absolute Gasteiger partial charge is 0.203 e. The molecule has 1 heterocycles. The van der Waals surface area contributed by atoms with E-state index in [-0.39, 0.29) is 0 Å². The number of nitrogens with zero attached hydrogens (tertiary/aromatic N) is 6. The Morgan fingerprint density at radius 3 is 1.93 bits per heavy atom. The van der Waals surface area contributed by atoms with E-state index >= 15 is 0 Å². The van der Waals surface area contributed by atoms with E-state index in [9.17, 15) is 0 Å². The van der Waals surface area contributed by atoms with Crippen LogP contribution in [0.4, 0.5) is 5.82 Å². The Balaban J connectivity index is 2.84. The second kappa shape index (κ2) is 10.3. The van der Waals surface area contributed by atoms with Gasteiger partial charge in [-0.3, -0.25) is 0 Å². The van der Waals surface area contributed by atoms with Crippen molar-refractivity contribution in [2.24, 2.45) is 4.99 Å². The second-order valence-electron chi connectivity index (χ2n) is 7.40. The maximum atomic E-state index is 4.99. The fraction of sp³-hybridized carbons (Fsp3) is 0.545. The molecule has 0 spiro atoms. The summed E-state index contributed by atoms with van der Waals surface area (Å²) in [6.07, 6.45) is 1.88. The molecule has 0 atom stereocenters. The monoisotopic (exact) mass is 417 g/mol. The average Bonchev–Trinajstić information content (AvgIpc) is 3.05. The lowest BCUT2D eigenvalue weighted by atomic mass is 10.3. The summed E-state index contributed by atoms with van der Waals surface area (Å²) < 4.78 is 7.25. The third-order valence-corrected chi connectivity index (χ3v) is 10.1. The van der Waals surface area contributed by atoms with E-state index in [0.717, 1.165) is 43.4 Å². The molecule has 0 aliphatic carbocycles. The maximum Gasteiger partial charge on any atom is 0.203 e. The van der Waals surface area contributed by atoms with Gasteiger partial charge in [-0.1, -0.05) is 18.2 Å². The minimum Gasteiger partial charge on any atom is -0.369 e. The van der Waals surface area contributed by atoms with Crippen LogP contribution < -0.4 is 5.30 Å². The summed E-state index contributed by atoms with van der Waals surface area (Å²) in [5, 5.41) is 6.27. The molecule has 0 radical (unpaired) electrons. The quantitative estimate of drug-likeness (QED) is 0.330. The molecule has 0 fully saturated rings. The molecule has 0 aliphatic rings. The Hall–Kier alpha value is -1.75. The highest BCUT2D eigenvalue weighted by Crippen LogP contribution is 2.62. The van der Waals surface area contributed by atoms with Crippen LogP contribution >= 0.6 is 7.56 Å². The van der Waals surface area contributed by atoms with Gasteiger partial charge in [0.1, 0.15) is 5.69 Å². The largest absolute Gasteiger partial charge is 0.369 e.